The number of nitrogens with one attached hydrogen (secondary N) is 1. The van der Waals surface area contributed by atoms with Crippen molar-refractivity contribution in [2.45, 2.75) is 26.4 Å². The molecule has 0 spiro atoms. The van der Waals surface area contributed by atoms with Gasteiger partial charge in [0, 0.05) is 30.3 Å². The third kappa shape index (κ3) is 2.73. The van der Waals surface area contributed by atoms with Crippen molar-refractivity contribution in [3.8, 4) is 0 Å². The molecule has 1 aromatic rings. The van der Waals surface area contributed by atoms with E-state index in [2.05, 4.69) is 5.32 Å². The van der Waals surface area contributed by atoms with E-state index in [9.17, 15) is 13.2 Å². The molecule has 78 valence electrons. The van der Waals surface area contributed by atoms with E-state index in [1.807, 2.05) is 13.8 Å². The quantitative estimate of drug-likeness (QED) is 0.796. The van der Waals surface area contributed by atoms with Gasteiger partial charge in [-0.2, -0.15) is 0 Å². The van der Waals surface area contributed by atoms with Crippen molar-refractivity contribution in [2.24, 2.45) is 0 Å². The molecule has 1 nitrogen and oxygen atoms in total. The Balaban J connectivity index is 2.86. The Labute approximate surface area is 80.9 Å². The Morgan fingerprint density at radius 3 is 2.07 bits per heavy atom. The van der Waals surface area contributed by atoms with Crippen LogP contribution < -0.4 is 5.32 Å². The Morgan fingerprint density at radius 1 is 1.14 bits per heavy atom. The van der Waals surface area contributed by atoms with E-state index in [0.717, 1.165) is 0 Å². The molecule has 0 aliphatic rings. The number of hydrogen-bond donors (Lipinski definition) is 1. The van der Waals surface area contributed by atoms with Crippen LogP contribution in [0.3, 0.4) is 0 Å². The second-order valence-corrected chi connectivity index (χ2v) is 3.38. The third-order valence-electron chi connectivity index (χ3n) is 1.79. The van der Waals surface area contributed by atoms with Gasteiger partial charge in [0.25, 0.3) is 0 Å². The first-order valence-corrected chi connectivity index (χ1v) is 4.37. The smallest absolute Gasteiger partial charge is 0.133 e. The summed E-state index contributed by atoms with van der Waals surface area (Å²) < 4.78 is 38.6. The normalized spacial score (nSPS) is 11.0. The average molecular weight is 203 g/mol. The number of halogens is 3. The highest BCUT2D eigenvalue weighted by Gasteiger charge is 2.11. The maximum atomic E-state index is 13.0. The van der Waals surface area contributed by atoms with E-state index in [1.54, 1.807) is 0 Å². The Morgan fingerprint density at radius 2 is 1.64 bits per heavy atom. The molecule has 1 rings (SSSR count). The Bertz CT molecular complexity index is 300. The van der Waals surface area contributed by atoms with Crippen LogP contribution in [0, 0.1) is 17.5 Å². The van der Waals surface area contributed by atoms with Gasteiger partial charge in [0.2, 0.25) is 0 Å². The Kier molecular flexibility index (Phi) is 3.52. The van der Waals surface area contributed by atoms with Crippen LogP contribution >= 0.6 is 0 Å². The van der Waals surface area contributed by atoms with Crippen molar-refractivity contribution in [1.82, 2.24) is 5.32 Å². The zero-order chi connectivity index (χ0) is 10.7. The molecule has 0 fully saturated rings. The fourth-order valence-corrected chi connectivity index (χ4v) is 1.05. The second kappa shape index (κ2) is 4.46. The highest BCUT2D eigenvalue weighted by Crippen LogP contribution is 2.14. The number of benzene rings is 1. The summed E-state index contributed by atoms with van der Waals surface area (Å²) in [6.07, 6.45) is 0. The fraction of sp³-hybridized carbons (Fsp3) is 0.400. The van der Waals surface area contributed by atoms with Crippen molar-refractivity contribution >= 4 is 0 Å². The van der Waals surface area contributed by atoms with Crippen molar-refractivity contribution in [3.05, 3.63) is 35.1 Å². The lowest BCUT2D eigenvalue weighted by Crippen LogP contribution is -2.23. The lowest BCUT2D eigenvalue weighted by molar-refractivity contribution is 0.497. The average Bonchev–Trinajstić information content (AvgIpc) is 2.01. The maximum Gasteiger partial charge on any atom is 0.133 e. The van der Waals surface area contributed by atoms with Crippen LogP contribution in [0.15, 0.2) is 12.1 Å². The first-order chi connectivity index (χ1) is 6.50. The molecule has 0 aromatic heterocycles. The summed E-state index contributed by atoms with van der Waals surface area (Å²) >= 11 is 0. The van der Waals surface area contributed by atoms with Crippen LogP contribution in [-0.4, -0.2) is 6.04 Å². The number of rotatable bonds is 3. The predicted octanol–water partition coefficient (Wildman–Crippen LogP) is 2.60. The summed E-state index contributed by atoms with van der Waals surface area (Å²) in [6.45, 7) is 3.79. The molecule has 1 aromatic carbocycles. The highest BCUT2D eigenvalue weighted by atomic mass is 19.1. The van der Waals surface area contributed by atoms with Gasteiger partial charge in [0.15, 0.2) is 0 Å². The SMILES string of the molecule is CC(C)NCc1c(F)cc(F)cc1F. The van der Waals surface area contributed by atoms with Crippen molar-refractivity contribution in [3.63, 3.8) is 0 Å². The van der Waals surface area contributed by atoms with E-state index in [-0.39, 0.29) is 18.2 Å². The zero-order valence-corrected chi connectivity index (χ0v) is 8.07. The van der Waals surface area contributed by atoms with E-state index in [0.29, 0.717) is 12.1 Å². The van der Waals surface area contributed by atoms with Gasteiger partial charge in [0.05, 0.1) is 0 Å². The molecule has 0 saturated carbocycles. The minimum absolute atomic E-state index is 0.0651. The zero-order valence-electron chi connectivity index (χ0n) is 8.07. The van der Waals surface area contributed by atoms with Gasteiger partial charge >= 0.3 is 0 Å². The summed E-state index contributed by atoms with van der Waals surface area (Å²) in [4.78, 5) is 0. The molecule has 4 heteroatoms. The van der Waals surface area contributed by atoms with Crippen molar-refractivity contribution in [1.29, 1.82) is 0 Å². The van der Waals surface area contributed by atoms with Crippen LogP contribution in [-0.2, 0) is 6.54 Å². The van der Waals surface area contributed by atoms with E-state index in [4.69, 9.17) is 0 Å². The summed E-state index contributed by atoms with van der Waals surface area (Å²) in [5.74, 6) is -2.60. The third-order valence-corrected chi connectivity index (χ3v) is 1.79. The standard InChI is InChI=1S/C10H12F3N/c1-6(2)14-5-8-9(12)3-7(11)4-10(8)13/h3-4,6,14H,5H2,1-2H3. The van der Waals surface area contributed by atoms with Gasteiger partial charge < -0.3 is 5.32 Å². The van der Waals surface area contributed by atoms with E-state index in [1.165, 1.54) is 0 Å². The van der Waals surface area contributed by atoms with Gasteiger partial charge in [-0.1, -0.05) is 13.8 Å². The fourth-order valence-electron chi connectivity index (χ4n) is 1.05. The molecular formula is C10H12F3N. The van der Waals surface area contributed by atoms with Gasteiger partial charge in [-0.05, 0) is 0 Å². The molecule has 1 N–H and O–H groups in total. The molecular weight excluding hydrogens is 191 g/mol. The topological polar surface area (TPSA) is 12.0 Å². The first kappa shape index (κ1) is 11.0. The summed E-state index contributed by atoms with van der Waals surface area (Å²) in [5.41, 5.74) is -0.125. The van der Waals surface area contributed by atoms with E-state index >= 15 is 0 Å². The molecule has 0 unspecified atom stereocenters. The molecule has 0 atom stereocenters. The van der Waals surface area contributed by atoms with Crippen LogP contribution in [0.4, 0.5) is 13.2 Å². The summed E-state index contributed by atoms with van der Waals surface area (Å²) in [6, 6.07) is 1.49. The van der Waals surface area contributed by atoms with Gasteiger partial charge in [-0.25, -0.2) is 13.2 Å². The number of hydrogen-bond acceptors (Lipinski definition) is 1. The lowest BCUT2D eigenvalue weighted by Gasteiger charge is -2.09. The summed E-state index contributed by atoms with van der Waals surface area (Å²) in [7, 11) is 0. The van der Waals surface area contributed by atoms with Gasteiger partial charge in [-0.3, -0.25) is 0 Å². The molecule has 0 aliphatic heterocycles. The minimum Gasteiger partial charge on any atom is -0.310 e. The van der Waals surface area contributed by atoms with E-state index < -0.39 is 17.5 Å². The first-order valence-electron chi connectivity index (χ1n) is 4.37. The lowest BCUT2D eigenvalue weighted by atomic mass is 10.2. The molecule has 0 amide bonds. The van der Waals surface area contributed by atoms with Crippen LogP contribution in [0.1, 0.15) is 19.4 Å². The monoisotopic (exact) mass is 203 g/mol. The predicted molar refractivity (Wildman–Crippen MR) is 48.3 cm³/mol. The molecule has 14 heavy (non-hydrogen) atoms. The van der Waals surface area contributed by atoms with Gasteiger partial charge in [0.1, 0.15) is 17.5 Å². The molecule has 0 saturated heterocycles. The van der Waals surface area contributed by atoms with Gasteiger partial charge in [-0.15, -0.1) is 0 Å². The van der Waals surface area contributed by atoms with Crippen LogP contribution in [0.25, 0.3) is 0 Å². The molecule has 0 radical (unpaired) electrons. The highest BCUT2D eigenvalue weighted by molar-refractivity contribution is 5.20. The van der Waals surface area contributed by atoms with Crippen molar-refractivity contribution in [2.75, 3.05) is 0 Å². The largest absolute Gasteiger partial charge is 0.310 e. The summed E-state index contributed by atoms with van der Waals surface area (Å²) in [5, 5.41) is 2.86. The second-order valence-electron chi connectivity index (χ2n) is 3.38. The van der Waals surface area contributed by atoms with Crippen LogP contribution in [0.5, 0.6) is 0 Å². The Hall–Kier alpha value is -1.03. The minimum atomic E-state index is -0.895. The molecule has 0 heterocycles. The maximum absolute atomic E-state index is 13.0. The van der Waals surface area contributed by atoms with Crippen LogP contribution in [0.2, 0.25) is 0 Å². The molecule has 0 aliphatic carbocycles. The van der Waals surface area contributed by atoms with Crippen molar-refractivity contribution < 1.29 is 13.2 Å². The molecule has 0 bridgehead atoms.